The van der Waals surface area contributed by atoms with Gasteiger partial charge in [-0.1, -0.05) is 35.3 Å². The minimum atomic E-state index is -3.63. The SMILES string of the molecule is Cc1ccc(N([C@@H](C)C(=O)NCCSCc2c(Cl)cccc2Cl)S(C)(=O)=O)cc1C. The van der Waals surface area contributed by atoms with Gasteiger partial charge in [0.2, 0.25) is 15.9 Å². The molecule has 0 aliphatic carbocycles. The van der Waals surface area contributed by atoms with E-state index in [-0.39, 0.29) is 5.91 Å². The number of anilines is 1. The van der Waals surface area contributed by atoms with Gasteiger partial charge in [-0.15, -0.1) is 0 Å². The van der Waals surface area contributed by atoms with E-state index < -0.39 is 16.1 Å². The predicted molar refractivity (Wildman–Crippen MR) is 128 cm³/mol. The molecule has 0 saturated carbocycles. The molecule has 1 amide bonds. The Balaban J connectivity index is 1.96. The molecule has 1 atom stereocenters. The van der Waals surface area contributed by atoms with E-state index in [0.29, 0.717) is 33.8 Å². The van der Waals surface area contributed by atoms with Crippen LogP contribution >= 0.6 is 35.0 Å². The third-order valence-corrected chi connectivity index (χ3v) is 7.62. The molecule has 0 unspecified atom stereocenters. The molecule has 5 nitrogen and oxygen atoms in total. The second-order valence-electron chi connectivity index (χ2n) is 7.05. The maximum atomic E-state index is 12.6. The summed E-state index contributed by atoms with van der Waals surface area (Å²) in [5.74, 6) is 0.917. The van der Waals surface area contributed by atoms with Crippen LogP contribution in [-0.4, -0.2) is 38.9 Å². The van der Waals surface area contributed by atoms with E-state index in [1.165, 1.54) is 0 Å². The molecule has 0 spiro atoms. The first kappa shape index (κ1) is 24.9. The number of nitrogens with zero attached hydrogens (tertiary/aromatic N) is 1. The summed E-state index contributed by atoms with van der Waals surface area (Å²) in [6, 6.07) is 9.86. The second kappa shape index (κ2) is 10.8. The van der Waals surface area contributed by atoms with Gasteiger partial charge in [0.25, 0.3) is 0 Å². The fourth-order valence-corrected chi connectivity index (χ4v) is 5.67. The Morgan fingerprint density at radius 2 is 1.77 bits per heavy atom. The van der Waals surface area contributed by atoms with E-state index in [4.69, 9.17) is 23.2 Å². The van der Waals surface area contributed by atoms with Crippen molar-refractivity contribution in [2.75, 3.05) is 22.9 Å². The van der Waals surface area contributed by atoms with Crippen LogP contribution in [-0.2, 0) is 20.6 Å². The fourth-order valence-electron chi connectivity index (χ4n) is 2.91. The lowest BCUT2D eigenvalue weighted by atomic mass is 10.1. The fraction of sp³-hybridized carbons (Fsp3) is 0.381. The summed E-state index contributed by atoms with van der Waals surface area (Å²) in [7, 11) is -3.63. The minimum absolute atomic E-state index is 0.352. The van der Waals surface area contributed by atoms with Crippen molar-refractivity contribution in [3.8, 4) is 0 Å². The standard InChI is InChI=1S/C21H26Cl2N2O3S2/c1-14-8-9-17(12-15(14)2)25(30(4,27)28)16(3)21(26)24-10-11-29-13-18-19(22)6-5-7-20(18)23/h5-9,12,16H,10-11,13H2,1-4H3,(H,24,26)/t16-/m0/s1. The molecule has 0 aliphatic heterocycles. The summed E-state index contributed by atoms with van der Waals surface area (Å²) >= 11 is 13.9. The summed E-state index contributed by atoms with van der Waals surface area (Å²) in [5.41, 5.74) is 3.36. The third-order valence-electron chi connectivity index (χ3n) is 4.69. The number of carbonyl (C=O) groups is 1. The Kier molecular flexibility index (Phi) is 8.91. The molecule has 0 saturated heterocycles. The first-order valence-corrected chi connectivity index (χ1v) is 13.1. The van der Waals surface area contributed by atoms with Gasteiger partial charge in [-0.3, -0.25) is 9.10 Å². The van der Waals surface area contributed by atoms with Crippen molar-refractivity contribution in [3.63, 3.8) is 0 Å². The molecule has 9 heteroatoms. The number of amides is 1. The number of halogens is 2. The zero-order valence-electron chi connectivity index (χ0n) is 17.4. The Bertz CT molecular complexity index is 993. The van der Waals surface area contributed by atoms with E-state index in [2.05, 4.69) is 5.32 Å². The molecule has 164 valence electrons. The number of hydrogen-bond acceptors (Lipinski definition) is 4. The second-order valence-corrected chi connectivity index (χ2v) is 10.8. The average Bonchev–Trinajstić information content (AvgIpc) is 2.65. The lowest BCUT2D eigenvalue weighted by Crippen LogP contribution is -2.48. The molecule has 2 aromatic carbocycles. The third kappa shape index (κ3) is 6.54. The van der Waals surface area contributed by atoms with Gasteiger partial charge in [-0.25, -0.2) is 8.42 Å². The molecule has 30 heavy (non-hydrogen) atoms. The average molecular weight is 489 g/mol. The number of thioether (sulfide) groups is 1. The predicted octanol–water partition coefficient (Wildman–Crippen LogP) is 4.81. The Labute approximate surface area is 193 Å². The summed E-state index contributed by atoms with van der Waals surface area (Å²) < 4.78 is 25.9. The van der Waals surface area contributed by atoms with Crippen LogP contribution in [0.1, 0.15) is 23.6 Å². The zero-order valence-corrected chi connectivity index (χ0v) is 20.6. The molecular weight excluding hydrogens is 463 g/mol. The molecule has 0 aromatic heterocycles. The summed E-state index contributed by atoms with van der Waals surface area (Å²) in [6.45, 7) is 5.85. The Hall–Kier alpha value is -1.41. The first-order valence-electron chi connectivity index (χ1n) is 9.37. The van der Waals surface area contributed by atoms with Crippen LogP contribution in [0, 0.1) is 13.8 Å². The number of aryl methyl sites for hydroxylation is 2. The number of benzene rings is 2. The molecule has 2 aromatic rings. The van der Waals surface area contributed by atoms with Gasteiger partial charge < -0.3 is 5.32 Å². The summed E-state index contributed by atoms with van der Waals surface area (Å²) in [5, 5.41) is 4.05. The number of nitrogens with one attached hydrogen (secondary N) is 1. The van der Waals surface area contributed by atoms with Gasteiger partial charge in [-0.2, -0.15) is 11.8 Å². The molecule has 0 fully saturated rings. The van der Waals surface area contributed by atoms with Crippen LogP contribution in [0.3, 0.4) is 0 Å². The molecule has 2 rings (SSSR count). The molecule has 0 radical (unpaired) electrons. The van der Waals surface area contributed by atoms with Gasteiger partial charge in [-0.05, 0) is 61.7 Å². The Morgan fingerprint density at radius 3 is 2.33 bits per heavy atom. The van der Waals surface area contributed by atoms with Crippen molar-refractivity contribution in [2.45, 2.75) is 32.6 Å². The van der Waals surface area contributed by atoms with Crippen molar-refractivity contribution < 1.29 is 13.2 Å². The van der Waals surface area contributed by atoms with Crippen LogP contribution in [0.25, 0.3) is 0 Å². The van der Waals surface area contributed by atoms with Gasteiger partial charge in [0.1, 0.15) is 6.04 Å². The van der Waals surface area contributed by atoms with Crippen LogP contribution in [0.4, 0.5) is 5.69 Å². The monoisotopic (exact) mass is 488 g/mol. The van der Waals surface area contributed by atoms with E-state index in [9.17, 15) is 13.2 Å². The smallest absolute Gasteiger partial charge is 0.243 e. The first-order chi connectivity index (χ1) is 14.0. The topological polar surface area (TPSA) is 66.5 Å². The minimum Gasteiger partial charge on any atom is -0.353 e. The molecular formula is C21H26Cl2N2O3S2. The van der Waals surface area contributed by atoms with E-state index in [1.54, 1.807) is 49.0 Å². The lowest BCUT2D eigenvalue weighted by molar-refractivity contribution is -0.121. The maximum absolute atomic E-state index is 12.6. The van der Waals surface area contributed by atoms with Crippen LogP contribution in [0.2, 0.25) is 10.0 Å². The van der Waals surface area contributed by atoms with Crippen molar-refractivity contribution in [3.05, 3.63) is 63.1 Å². The van der Waals surface area contributed by atoms with Crippen LogP contribution in [0.15, 0.2) is 36.4 Å². The van der Waals surface area contributed by atoms with Gasteiger partial charge in [0, 0.05) is 28.1 Å². The zero-order chi connectivity index (χ0) is 22.5. The van der Waals surface area contributed by atoms with Crippen molar-refractivity contribution in [1.29, 1.82) is 0 Å². The molecule has 1 N–H and O–H groups in total. The lowest BCUT2D eigenvalue weighted by Gasteiger charge is -2.28. The summed E-state index contributed by atoms with van der Waals surface area (Å²) in [6.07, 6.45) is 1.11. The maximum Gasteiger partial charge on any atom is 0.243 e. The summed E-state index contributed by atoms with van der Waals surface area (Å²) in [4.78, 5) is 12.6. The quantitative estimate of drug-likeness (QED) is 0.514. The largest absolute Gasteiger partial charge is 0.353 e. The number of rotatable bonds is 9. The molecule has 0 heterocycles. The number of hydrogen-bond donors (Lipinski definition) is 1. The van der Waals surface area contributed by atoms with Crippen molar-refractivity contribution in [1.82, 2.24) is 5.32 Å². The highest BCUT2D eigenvalue weighted by molar-refractivity contribution is 7.98. The van der Waals surface area contributed by atoms with Gasteiger partial charge >= 0.3 is 0 Å². The molecule has 0 bridgehead atoms. The normalized spacial score (nSPS) is 12.5. The number of sulfonamides is 1. The van der Waals surface area contributed by atoms with Crippen LogP contribution in [0.5, 0.6) is 0 Å². The highest BCUT2D eigenvalue weighted by atomic mass is 35.5. The Morgan fingerprint density at radius 1 is 1.13 bits per heavy atom. The highest BCUT2D eigenvalue weighted by Gasteiger charge is 2.29. The van der Waals surface area contributed by atoms with E-state index in [1.807, 2.05) is 19.9 Å². The van der Waals surface area contributed by atoms with Gasteiger partial charge in [0.15, 0.2) is 0 Å². The van der Waals surface area contributed by atoms with E-state index >= 15 is 0 Å². The highest BCUT2D eigenvalue weighted by Crippen LogP contribution is 2.28. The van der Waals surface area contributed by atoms with Crippen molar-refractivity contribution >= 4 is 56.6 Å². The molecule has 0 aliphatic rings. The van der Waals surface area contributed by atoms with Crippen LogP contribution < -0.4 is 9.62 Å². The number of carbonyl (C=O) groups excluding carboxylic acids is 1. The van der Waals surface area contributed by atoms with Gasteiger partial charge in [0.05, 0.1) is 11.9 Å². The van der Waals surface area contributed by atoms with Crippen molar-refractivity contribution in [2.24, 2.45) is 0 Å². The van der Waals surface area contributed by atoms with E-state index in [0.717, 1.165) is 27.3 Å².